The lowest BCUT2D eigenvalue weighted by atomic mass is 10.0. The number of fused-ring (bicyclic) bond motifs is 10. The van der Waals surface area contributed by atoms with E-state index in [9.17, 15) is 0 Å². The van der Waals surface area contributed by atoms with Crippen molar-refractivity contribution >= 4 is 54.5 Å². The van der Waals surface area contributed by atoms with Gasteiger partial charge in [-0.25, -0.2) is 4.98 Å². The van der Waals surface area contributed by atoms with E-state index in [4.69, 9.17) is 4.98 Å². The van der Waals surface area contributed by atoms with Crippen molar-refractivity contribution in [3.8, 4) is 0 Å². The second-order valence-corrected chi connectivity index (χ2v) is 7.65. The predicted molar refractivity (Wildman–Crippen MR) is 118 cm³/mol. The summed E-state index contributed by atoms with van der Waals surface area (Å²) in [6.45, 7) is 3.28. The molecule has 2 N–H and O–H groups in total. The van der Waals surface area contributed by atoms with Crippen LogP contribution in [0.3, 0.4) is 0 Å². The zero-order valence-corrected chi connectivity index (χ0v) is 15.9. The molecule has 138 valence electrons. The van der Waals surface area contributed by atoms with Crippen molar-refractivity contribution in [2.45, 2.75) is 32.7 Å². The van der Waals surface area contributed by atoms with Gasteiger partial charge in [0.25, 0.3) is 0 Å². The molecule has 6 rings (SSSR count). The Hall–Kier alpha value is -3.27. The first-order valence-corrected chi connectivity index (χ1v) is 10.1. The van der Waals surface area contributed by atoms with Crippen LogP contribution < -0.4 is 0 Å². The van der Waals surface area contributed by atoms with Gasteiger partial charge in [-0.15, -0.1) is 0 Å². The molecule has 0 unspecified atom stereocenters. The van der Waals surface area contributed by atoms with Crippen LogP contribution in [0.1, 0.15) is 26.2 Å². The SMILES string of the molecule is CCCCCn1c2ccccc2c2c3[nH][nH]cc3c3c4ccccc4nc3c21. The molecule has 0 bridgehead atoms. The minimum absolute atomic E-state index is 1.02. The Morgan fingerprint density at radius 1 is 0.893 bits per heavy atom. The van der Waals surface area contributed by atoms with E-state index in [1.54, 1.807) is 0 Å². The highest BCUT2D eigenvalue weighted by molar-refractivity contribution is 6.34. The maximum absolute atomic E-state index is 5.11. The largest absolute Gasteiger partial charge is 0.339 e. The average molecular weight is 366 g/mol. The molecule has 0 saturated heterocycles. The quantitative estimate of drug-likeness (QED) is 0.344. The van der Waals surface area contributed by atoms with E-state index in [1.165, 1.54) is 62.7 Å². The fourth-order valence-corrected chi connectivity index (χ4v) is 4.80. The number of rotatable bonds is 4. The van der Waals surface area contributed by atoms with Gasteiger partial charge < -0.3 is 14.8 Å². The molecular formula is C24H22N4. The van der Waals surface area contributed by atoms with E-state index < -0.39 is 0 Å². The molecule has 0 aliphatic carbocycles. The number of hydrogen-bond donors (Lipinski definition) is 2. The van der Waals surface area contributed by atoms with E-state index >= 15 is 0 Å². The Bertz CT molecular complexity index is 1480. The third-order valence-electron chi connectivity index (χ3n) is 6.03. The first kappa shape index (κ1) is 15.8. The Morgan fingerprint density at radius 3 is 2.61 bits per heavy atom. The van der Waals surface area contributed by atoms with Gasteiger partial charge in [-0.05, 0) is 18.6 Å². The van der Waals surface area contributed by atoms with Crippen LogP contribution in [0, 0.1) is 0 Å². The van der Waals surface area contributed by atoms with Crippen LogP contribution in [-0.2, 0) is 6.54 Å². The summed E-state index contributed by atoms with van der Waals surface area (Å²) in [5.41, 5.74) is 5.91. The summed E-state index contributed by atoms with van der Waals surface area (Å²) < 4.78 is 2.49. The highest BCUT2D eigenvalue weighted by Gasteiger charge is 2.21. The first-order chi connectivity index (χ1) is 13.9. The molecule has 0 fully saturated rings. The fourth-order valence-electron chi connectivity index (χ4n) is 4.80. The summed E-state index contributed by atoms with van der Waals surface area (Å²) in [7, 11) is 0. The lowest BCUT2D eigenvalue weighted by Crippen LogP contribution is -1.98. The summed E-state index contributed by atoms with van der Waals surface area (Å²) in [4.78, 5) is 5.11. The number of para-hydroxylation sites is 2. The second kappa shape index (κ2) is 5.86. The summed E-state index contributed by atoms with van der Waals surface area (Å²) in [6, 6.07) is 17.2. The van der Waals surface area contributed by atoms with E-state index in [0.29, 0.717) is 0 Å². The minimum Gasteiger partial charge on any atom is -0.339 e. The number of nitrogens with zero attached hydrogens (tertiary/aromatic N) is 2. The smallest absolute Gasteiger partial charge is 0.0967 e. The molecule has 3 heterocycles. The molecule has 0 aliphatic rings. The molecule has 0 spiro atoms. The Morgan fingerprint density at radius 2 is 1.71 bits per heavy atom. The third-order valence-corrected chi connectivity index (χ3v) is 6.03. The Labute approximate surface area is 162 Å². The van der Waals surface area contributed by atoms with Gasteiger partial charge in [-0.3, -0.25) is 0 Å². The number of benzene rings is 3. The lowest BCUT2D eigenvalue weighted by molar-refractivity contribution is 0.628. The van der Waals surface area contributed by atoms with Crippen LogP contribution in [0.15, 0.2) is 54.7 Å². The molecule has 0 amide bonds. The minimum atomic E-state index is 1.02. The van der Waals surface area contributed by atoms with E-state index in [1.807, 2.05) is 0 Å². The van der Waals surface area contributed by atoms with Gasteiger partial charge in [0.2, 0.25) is 0 Å². The van der Waals surface area contributed by atoms with Crippen LogP contribution in [0.25, 0.3) is 54.5 Å². The van der Waals surface area contributed by atoms with Crippen LogP contribution in [0.4, 0.5) is 0 Å². The van der Waals surface area contributed by atoms with Crippen molar-refractivity contribution in [1.29, 1.82) is 0 Å². The average Bonchev–Trinajstić information content (AvgIpc) is 3.41. The Balaban J connectivity index is 1.88. The maximum Gasteiger partial charge on any atom is 0.0967 e. The summed E-state index contributed by atoms with van der Waals surface area (Å²) in [5, 5.41) is 12.9. The fraction of sp³-hybridized carbons (Fsp3) is 0.208. The summed E-state index contributed by atoms with van der Waals surface area (Å²) >= 11 is 0. The van der Waals surface area contributed by atoms with Crippen LogP contribution in [0.2, 0.25) is 0 Å². The van der Waals surface area contributed by atoms with Gasteiger partial charge in [0.1, 0.15) is 0 Å². The first-order valence-electron chi connectivity index (χ1n) is 10.1. The predicted octanol–water partition coefficient (Wildman–Crippen LogP) is 6.50. The lowest BCUT2D eigenvalue weighted by Gasteiger charge is -2.08. The van der Waals surface area contributed by atoms with Gasteiger partial charge in [-0.1, -0.05) is 56.2 Å². The van der Waals surface area contributed by atoms with Crippen LogP contribution in [0.5, 0.6) is 0 Å². The molecule has 3 aromatic carbocycles. The van der Waals surface area contributed by atoms with Crippen molar-refractivity contribution < 1.29 is 0 Å². The Kier molecular flexibility index (Phi) is 3.30. The number of aromatic nitrogens is 4. The zero-order chi connectivity index (χ0) is 18.7. The van der Waals surface area contributed by atoms with Gasteiger partial charge in [0, 0.05) is 45.2 Å². The van der Waals surface area contributed by atoms with Crippen molar-refractivity contribution in [3.05, 3.63) is 54.7 Å². The van der Waals surface area contributed by atoms with E-state index in [2.05, 4.69) is 76.4 Å². The van der Waals surface area contributed by atoms with E-state index in [-0.39, 0.29) is 0 Å². The molecule has 0 aliphatic heterocycles. The maximum atomic E-state index is 5.11. The van der Waals surface area contributed by atoms with Crippen molar-refractivity contribution in [3.63, 3.8) is 0 Å². The van der Waals surface area contributed by atoms with Gasteiger partial charge in [0.05, 0.1) is 22.1 Å². The van der Waals surface area contributed by atoms with Crippen LogP contribution >= 0.6 is 0 Å². The van der Waals surface area contributed by atoms with Crippen molar-refractivity contribution in [1.82, 2.24) is 19.7 Å². The topological polar surface area (TPSA) is 49.4 Å². The normalized spacial score (nSPS) is 12.3. The number of H-pyrrole nitrogens is 2. The molecule has 4 nitrogen and oxygen atoms in total. The van der Waals surface area contributed by atoms with E-state index in [0.717, 1.165) is 17.6 Å². The highest BCUT2D eigenvalue weighted by atomic mass is 15.1. The molecule has 4 heteroatoms. The standard InChI is InChI=1S/C24H22N4/c1-2-3-8-13-28-19-12-7-5-10-16(19)21-22-17(14-25-27-22)20-15-9-4-6-11-18(15)26-23(20)24(21)28/h4-7,9-12,14,25,27H,2-3,8,13H2,1H3. The molecular weight excluding hydrogens is 344 g/mol. The molecule has 6 aromatic rings. The number of hydrogen-bond acceptors (Lipinski definition) is 1. The molecule has 0 atom stereocenters. The second-order valence-electron chi connectivity index (χ2n) is 7.65. The molecule has 0 radical (unpaired) electrons. The van der Waals surface area contributed by atoms with Gasteiger partial charge in [-0.2, -0.15) is 0 Å². The number of nitrogens with one attached hydrogen (secondary N) is 2. The molecule has 28 heavy (non-hydrogen) atoms. The summed E-state index contributed by atoms with van der Waals surface area (Å²) in [5.74, 6) is 0. The van der Waals surface area contributed by atoms with Gasteiger partial charge >= 0.3 is 0 Å². The van der Waals surface area contributed by atoms with Crippen LogP contribution in [-0.4, -0.2) is 19.7 Å². The van der Waals surface area contributed by atoms with Crippen molar-refractivity contribution in [2.75, 3.05) is 0 Å². The van der Waals surface area contributed by atoms with Crippen molar-refractivity contribution in [2.24, 2.45) is 0 Å². The van der Waals surface area contributed by atoms with Gasteiger partial charge in [0.15, 0.2) is 0 Å². The number of unbranched alkanes of at least 4 members (excludes halogenated alkanes) is 2. The summed E-state index contributed by atoms with van der Waals surface area (Å²) in [6.07, 6.45) is 5.72. The molecule has 3 aromatic heterocycles. The zero-order valence-electron chi connectivity index (χ0n) is 15.9. The highest BCUT2D eigenvalue weighted by Crippen LogP contribution is 2.42. The molecule has 0 saturated carbocycles. The number of aromatic amines is 2. The number of aryl methyl sites for hydroxylation is 1. The monoisotopic (exact) mass is 366 g/mol. The third kappa shape index (κ3) is 1.97.